The van der Waals surface area contributed by atoms with Crippen molar-refractivity contribution in [2.75, 3.05) is 13.7 Å². The molecule has 1 amide bonds. The minimum absolute atomic E-state index is 0.00730. The van der Waals surface area contributed by atoms with Crippen molar-refractivity contribution in [1.29, 1.82) is 0 Å². The number of benzene rings is 1. The summed E-state index contributed by atoms with van der Waals surface area (Å²) in [4.78, 5) is 11.5. The smallest absolute Gasteiger partial charge is 0.223 e. The van der Waals surface area contributed by atoms with Crippen LogP contribution in [0.25, 0.3) is 0 Å². The monoisotopic (exact) mass is 280 g/mol. The van der Waals surface area contributed by atoms with Crippen LogP contribution in [0, 0.1) is 5.82 Å². The number of ether oxygens (including phenoxy) is 1. The zero-order valence-corrected chi connectivity index (χ0v) is 11.9. The van der Waals surface area contributed by atoms with Crippen LogP contribution < -0.4 is 15.4 Å². The van der Waals surface area contributed by atoms with E-state index in [1.165, 1.54) is 12.1 Å². The molecule has 0 aromatic heterocycles. The fourth-order valence-corrected chi connectivity index (χ4v) is 1.93. The third-order valence-corrected chi connectivity index (χ3v) is 3.40. The molecule has 0 bridgehead atoms. The van der Waals surface area contributed by atoms with Crippen molar-refractivity contribution in [2.45, 2.75) is 38.3 Å². The van der Waals surface area contributed by atoms with E-state index in [0.717, 1.165) is 18.4 Å². The van der Waals surface area contributed by atoms with Crippen molar-refractivity contribution in [3.63, 3.8) is 0 Å². The molecule has 2 N–H and O–H groups in total. The second kappa shape index (κ2) is 6.70. The normalized spacial score (nSPS) is 15.8. The summed E-state index contributed by atoms with van der Waals surface area (Å²) in [6, 6.07) is 4.90. The number of carbonyl (C=O) groups is 1. The van der Waals surface area contributed by atoms with Crippen LogP contribution in [0.3, 0.4) is 0 Å². The number of hydrogen-bond acceptors (Lipinski definition) is 3. The summed E-state index contributed by atoms with van der Waals surface area (Å²) in [6.07, 6.45) is 2.43. The highest BCUT2D eigenvalue weighted by molar-refractivity contribution is 5.76. The van der Waals surface area contributed by atoms with E-state index < -0.39 is 0 Å². The molecule has 1 aromatic rings. The lowest BCUT2D eigenvalue weighted by Crippen LogP contribution is -2.26. The van der Waals surface area contributed by atoms with Crippen LogP contribution in [-0.4, -0.2) is 25.6 Å². The standard InChI is InChI=1S/C15H21FN2O2/c1-10(17-2)13-6-3-11(16)9-14(13)20-8-7-15(19)18-12-4-5-12/h3,6,9-10,12,17H,4-5,7-8H2,1-2H3,(H,18,19). The van der Waals surface area contributed by atoms with E-state index in [1.54, 1.807) is 6.07 Å². The zero-order chi connectivity index (χ0) is 14.5. The fraction of sp³-hybridized carbons (Fsp3) is 0.533. The number of carbonyl (C=O) groups excluding carboxylic acids is 1. The SMILES string of the molecule is CNC(C)c1ccc(F)cc1OCCC(=O)NC1CC1. The summed E-state index contributed by atoms with van der Waals surface area (Å²) in [5.74, 6) is 0.146. The first-order valence-electron chi connectivity index (χ1n) is 6.99. The average Bonchev–Trinajstić information content (AvgIpc) is 3.22. The Labute approximate surface area is 118 Å². The van der Waals surface area contributed by atoms with Crippen LogP contribution in [0.15, 0.2) is 18.2 Å². The van der Waals surface area contributed by atoms with Crippen LogP contribution in [-0.2, 0) is 4.79 Å². The first-order chi connectivity index (χ1) is 9.60. The fourth-order valence-electron chi connectivity index (χ4n) is 1.93. The molecule has 5 heteroatoms. The van der Waals surface area contributed by atoms with Gasteiger partial charge in [0.2, 0.25) is 5.91 Å². The predicted octanol–water partition coefficient (Wildman–Crippen LogP) is 2.15. The molecule has 0 radical (unpaired) electrons. The molecular formula is C15H21FN2O2. The van der Waals surface area contributed by atoms with Crippen molar-refractivity contribution in [2.24, 2.45) is 0 Å². The van der Waals surface area contributed by atoms with Gasteiger partial charge in [-0.1, -0.05) is 6.07 Å². The van der Waals surface area contributed by atoms with Crippen LogP contribution in [0.1, 0.15) is 37.8 Å². The molecule has 0 aliphatic heterocycles. The Morgan fingerprint density at radius 2 is 2.25 bits per heavy atom. The summed E-state index contributed by atoms with van der Waals surface area (Å²) in [5.41, 5.74) is 0.886. The maximum atomic E-state index is 13.3. The Bertz CT molecular complexity index is 475. The van der Waals surface area contributed by atoms with Crippen molar-refractivity contribution in [3.8, 4) is 5.75 Å². The van der Waals surface area contributed by atoms with Gasteiger partial charge in [-0.15, -0.1) is 0 Å². The molecule has 4 nitrogen and oxygen atoms in total. The number of rotatable bonds is 7. The second-order valence-electron chi connectivity index (χ2n) is 5.13. The first-order valence-corrected chi connectivity index (χ1v) is 6.99. The van der Waals surface area contributed by atoms with Gasteiger partial charge in [0.1, 0.15) is 11.6 Å². The Hall–Kier alpha value is -1.62. The van der Waals surface area contributed by atoms with Gasteiger partial charge < -0.3 is 15.4 Å². The van der Waals surface area contributed by atoms with Gasteiger partial charge in [0, 0.05) is 23.7 Å². The third-order valence-electron chi connectivity index (χ3n) is 3.40. The highest BCUT2D eigenvalue weighted by Gasteiger charge is 2.23. The van der Waals surface area contributed by atoms with Crippen molar-refractivity contribution < 1.29 is 13.9 Å². The van der Waals surface area contributed by atoms with E-state index in [0.29, 0.717) is 18.2 Å². The van der Waals surface area contributed by atoms with Crippen LogP contribution in [0.4, 0.5) is 4.39 Å². The van der Waals surface area contributed by atoms with Gasteiger partial charge >= 0.3 is 0 Å². The van der Waals surface area contributed by atoms with Crippen LogP contribution >= 0.6 is 0 Å². The summed E-state index contributed by atoms with van der Waals surface area (Å²) in [6.45, 7) is 2.23. The van der Waals surface area contributed by atoms with Crippen molar-refractivity contribution in [1.82, 2.24) is 10.6 Å². The summed E-state index contributed by atoms with van der Waals surface area (Å²) in [7, 11) is 1.83. The highest BCUT2D eigenvalue weighted by atomic mass is 19.1. The molecule has 1 aliphatic rings. The molecule has 1 saturated carbocycles. The summed E-state index contributed by atoms with van der Waals surface area (Å²) < 4.78 is 18.9. The van der Waals surface area contributed by atoms with E-state index in [2.05, 4.69) is 10.6 Å². The highest BCUT2D eigenvalue weighted by Crippen LogP contribution is 2.26. The van der Waals surface area contributed by atoms with Gasteiger partial charge in [-0.05, 0) is 32.9 Å². The Balaban J connectivity index is 1.89. The number of amides is 1. The third kappa shape index (κ3) is 4.20. The Morgan fingerprint density at radius 3 is 2.90 bits per heavy atom. The van der Waals surface area contributed by atoms with Gasteiger partial charge in [0.25, 0.3) is 0 Å². The van der Waals surface area contributed by atoms with Gasteiger partial charge in [-0.25, -0.2) is 4.39 Å². The molecule has 1 fully saturated rings. The quantitative estimate of drug-likeness (QED) is 0.804. The van der Waals surface area contributed by atoms with Gasteiger partial charge in [0.05, 0.1) is 13.0 Å². The Morgan fingerprint density at radius 1 is 1.50 bits per heavy atom. The Kier molecular flexibility index (Phi) is 4.95. The zero-order valence-electron chi connectivity index (χ0n) is 11.9. The summed E-state index contributed by atoms with van der Waals surface area (Å²) >= 11 is 0. The molecule has 0 spiro atoms. The maximum Gasteiger partial charge on any atom is 0.223 e. The number of nitrogens with one attached hydrogen (secondary N) is 2. The maximum absolute atomic E-state index is 13.3. The number of halogens is 1. The predicted molar refractivity (Wildman–Crippen MR) is 75.2 cm³/mol. The van der Waals surface area contributed by atoms with Crippen LogP contribution in [0.2, 0.25) is 0 Å². The van der Waals surface area contributed by atoms with E-state index in [9.17, 15) is 9.18 Å². The lowest BCUT2D eigenvalue weighted by Gasteiger charge is -2.16. The topological polar surface area (TPSA) is 50.4 Å². The minimum Gasteiger partial charge on any atom is -0.493 e. The first kappa shape index (κ1) is 14.8. The van der Waals surface area contributed by atoms with Crippen molar-refractivity contribution >= 4 is 5.91 Å². The van der Waals surface area contributed by atoms with Gasteiger partial charge in [-0.2, -0.15) is 0 Å². The molecule has 110 valence electrons. The molecule has 1 aliphatic carbocycles. The van der Waals surface area contributed by atoms with Crippen molar-refractivity contribution in [3.05, 3.63) is 29.6 Å². The molecule has 0 heterocycles. The van der Waals surface area contributed by atoms with Gasteiger partial charge in [-0.3, -0.25) is 4.79 Å². The lowest BCUT2D eigenvalue weighted by atomic mass is 10.1. The van der Waals surface area contributed by atoms with E-state index >= 15 is 0 Å². The summed E-state index contributed by atoms with van der Waals surface area (Å²) in [5, 5.41) is 5.99. The second-order valence-corrected chi connectivity index (χ2v) is 5.13. The lowest BCUT2D eigenvalue weighted by molar-refractivity contribution is -0.121. The molecule has 1 atom stereocenters. The van der Waals surface area contributed by atoms with E-state index in [4.69, 9.17) is 4.74 Å². The minimum atomic E-state index is -0.338. The van der Waals surface area contributed by atoms with E-state index in [-0.39, 0.29) is 24.4 Å². The van der Waals surface area contributed by atoms with Crippen LogP contribution in [0.5, 0.6) is 5.75 Å². The average molecular weight is 280 g/mol. The van der Waals surface area contributed by atoms with Gasteiger partial charge in [0.15, 0.2) is 0 Å². The van der Waals surface area contributed by atoms with E-state index in [1.807, 2.05) is 14.0 Å². The molecule has 1 aromatic carbocycles. The molecule has 20 heavy (non-hydrogen) atoms. The molecular weight excluding hydrogens is 259 g/mol. The molecule has 2 rings (SSSR count). The molecule has 1 unspecified atom stereocenters. The largest absolute Gasteiger partial charge is 0.493 e. The number of hydrogen-bond donors (Lipinski definition) is 2. The molecule has 0 saturated heterocycles.